The molecule has 1 heterocycles. The molecule has 0 spiro atoms. The van der Waals surface area contributed by atoms with Gasteiger partial charge in [-0.2, -0.15) is 0 Å². The van der Waals surface area contributed by atoms with Crippen LogP contribution in [0.3, 0.4) is 0 Å². The van der Waals surface area contributed by atoms with Gasteiger partial charge in [0.05, 0.1) is 0 Å². The molecule has 0 bridgehead atoms. The fourth-order valence-electron chi connectivity index (χ4n) is 3.44. The zero-order valence-electron chi connectivity index (χ0n) is 15.6. The lowest BCUT2D eigenvalue weighted by Gasteiger charge is -2.29. The standard InChI is InChI=1S/C20H31N3O2/c1-4-15-7-9-17(10-8-15)19(24)23-18(14(2)3)20(25)22-13-16-6-5-11-21-12-16/h5-6,11-12,14-15,17-18H,4,7-10,13H2,1-3H3,(H,22,25)(H,23,24)/t15?,17?,18-/m1/s1. The number of carbonyl (C=O) groups excluding carboxylic acids is 2. The van der Waals surface area contributed by atoms with Gasteiger partial charge in [-0.1, -0.05) is 33.3 Å². The van der Waals surface area contributed by atoms with Crippen LogP contribution in [0.5, 0.6) is 0 Å². The van der Waals surface area contributed by atoms with Gasteiger partial charge in [-0.05, 0) is 49.1 Å². The lowest BCUT2D eigenvalue weighted by molar-refractivity contribution is -0.133. The van der Waals surface area contributed by atoms with Crippen LogP contribution in [0.2, 0.25) is 0 Å². The van der Waals surface area contributed by atoms with E-state index in [-0.39, 0.29) is 23.7 Å². The van der Waals surface area contributed by atoms with Gasteiger partial charge >= 0.3 is 0 Å². The smallest absolute Gasteiger partial charge is 0.243 e. The molecule has 1 saturated carbocycles. The minimum Gasteiger partial charge on any atom is -0.350 e. The Morgan fingerprint density at radius 3 is 2.52 bits per heavy atom. The summed E-state index contributed by atoms with van der Waals surface area (Å²) in [5.41, 5.74) is 0.947. The normalized spacial score (nSPS) is 21.6. The molecule has 5 nitrogen and oxygen atoms in total. The van der Waals surface area contributed by atoms with Gasteiger partial charge in [-0.15, -0.1) is 0 Å². The van der Waals surface area contributed by atoms with E-state index >= 15 is 0 Å². The lowest BCUT2D eigenvalue weighted by atomic mass is 9.80. The maximum Gasteiger partial charge on any atom is 0.243 e. The van der Waals surface area contributed by atoms with Crippen LogP contribution in [-0.4, -0.2) is 22.8 Å². The van der Waals surface area contributed by atoms with E-state index in [1.165, 1.54) is 6.42 Å². The second-order valence-electron chi connectivity index (χ2n) is 7.44. The fourth-order valence-corrected chi connectivity index (χ4v) is 3.44. The van der Waals surface area contributed by atoms with Crippen molar-refractivity contribution in [1.29, 1.82) is 0 Å². The first kappa shape index (κ1) is 19.4. The largest absolute Gasteiger partial charge is 0.350 e. The number of amides is 2. The summed E-state index contributed by atoms with van der Waals surface area (Å²) in [4.78, 5) is 29.2. The molecule has 1 aliphatic rings. The van der Waals surface area contributed by atoms with E-state index in [0.717, 1.165) is 37.2 Å². The van der Waals surface area contributed by atoms with Crippen LogP contribution in [0.15, 0.2) is 24.5 Å². The van der Waals surface area contributed by atoms with Gasteiger partial charge in [-0.25, -0.2) is 0 Å². The average molecular weight is 345 g/mol. The quantitative estimate of drug-likeness (QED) is 0.798. The summed E-state index contributed by atoms with van der Waals surface area (Å²) < 4.78 is 0. The molecule has 0 radical (unpaired) electrons. The molecule has 2 N–H and O–H groups in total. The van der Waals surface area contributed by atoms with Crippen molar-refractivity contribution in [2.75, 3.05) is 0 Å². The van der Waals surface area contributed by atoms with E-state index in [4.69, 9.17) is 0 Å². The highest BCUT2D eigenvalue weighted by molar-refractivity contribution is 5.88. The molecule has 0 unspecified atom stereocenters. The second kappa shape index (κ2) is 9.54. The topological polar surface area (TPSA) is 71.1 Å². The molecule has 0 saturated heterocycles. The third-order valence-corrected chi connectivity index (χ3v) is 5.23. The summed E-state index contributed by atoms with van der Waals surface area (Å²) in [6.07, 6.45) is 8.74. The molecule has 1 aliphatic carbocycles. The van der Waals surface area contributed by atoms with Crippen LogP contribution in [0, 0.1) is 17.8 Å². The summed E-state index contributed by atoms with van der Waals surface area (Å²) in [7, 11) is 0. The first-order chi connectivity index (χ1) is 12.0. The molecule has 1 aromatic rings. The Morgan fingerprint density at radius 1 is 1.24 bits per heavy atom. The molecule has 5 heteroatoms. The number of nitrogens with one attached hydrogen (secondary N) is 2. The Bertz CT molecular complexity index is 551. The van der Waals surface area contributed by atoms with Crippen molar-refractivity contribution in [3.8, 4) is 0 Å². The minimum atomic E-state index is -0.493. The number of nitrogens with zero attached hydrogens (tertiary/aromatic N) is 1. The lowest BCUT2D eigenvalue weighted by Crippen LogP contribution is -2.51. The first-order valence-corrected chi connectivity index (χ1v) is 9.48. The number of aromatic nitrogens is 1. The molecule has 1 atom stereocenters. The highest BCUT2D eigenvalue weighted by Gasteiger charge is 2.30. The fraction of sp³-hybridized carbons (Fsp3) is 0.650. The van der Waals surface area contributed by atoms with Gasteiger partial charge < -0.3 is 10.6 Å². The molecule has 2 rings (SSSR count). The molecule has 1 fully saturated rings. The van der Waals surface area contributed by atoms with Gasteiger partial charge in [-0.3, -0.25) is 14.6 Å². The van der Waals surface area contributed by atoms with Crippen molar-refractivity contribution in [2.24, 2.45) is 17.8 Å². The molecule has 0 aliphatic heterocycles. The van der Waals surface area contributed by atoms with Crippen molar-refractivity contribution in [3.05, 3.63) is 30.1 Å². The van der Waals surface area contributed by atoms with Crippen LogP contribution in [-0.2, 0) is 16.1 Å². The van der Waals surface area contributed by atoms with Crippen LogP contribution in [0.25, 0.3) is 0 Å². The summed E-state index contributed by atoms with van der Waals surface area (Å²) in [5.74, 6) is 0.756. The van der Waals surface area contributed by atoms with Gasteiger partial charge in [0, 0.05) is 24.9 Å². The molecule has 0 aromatic carbocycles. The SMILES string of the molecule is CCC1CCC(C(=O)N[C@@H](C(=O)NCc2cccnc2)C(C)C)CC1. The monoisotopic (exact) mass is 345 g/mol. The highest BCUT2D eigenvalue weighted by Crippen LogP contribution is 2.30. The highest BCUT2D eigenvalue weighted by atomic mass is 16.2. The zero-order chi connectivity index (χ0) is 18.2. The molecule has 25 heavy (non-hydrogen) atoms. The van der Waals surface area contributed by atoms with E-state index in [9.17, 15) is 9.59 Å². The van der Waals surface area contributed by atoms with E-state index in [2.05, 4.69) is 22.5 Å². The average Bonchev–Trinajstić information content (AvgIpc) is 2.64. The molecule has 1 aromatic heterocycles. The maximum atomic E-state index is 12.6. The number of rotatable bonds is 7. The van der Waals surface area contributed by atoms with Crippen molar-refractivity contribution in [3.63, 3.8) is 0 Å². The molecular weight excluding hydrogens is 314 g/mol. The Hall–Kier alpha value is -1.91. The number of pyridine rings is 1. The van der Waals surface area contributed by atoms with E-state index in [1.807, 2.05) is 26.0 Å². The number of hydrogen-bond acceptors (Lipinski definition) is 3. The molecular formula is C20H31N3O2. The predicted octanol–water partition coefficient (Wildman–Crippen LogP) is 3.06. The van der Waals surface area contributed by atoms with Crippen molar-refractivity contribution >= 4 is 11.8 Å². The summed E-state index contributed by atoms with van der Waals surface area (Å²) >= 11 is 0. The van der Waals surface area contributed by atoms with Crippen LogP contribution >= 0.6 is 0 Å². The van der Waals surface area contributed by atoms with Gasteiger partial charge in [0.1, 0.15) is 6.04 Å². The Balaban J connectivity index is 1.87. The molecule has 2 amide bonds. The van der Waals surface area contributed by atoms with Crippen LogP contribution in [0.4, 0.5) is 0 Å². The summed E-state index contributed by atoms with van der Waals surface area (Å²) in [6, 6.07) is 3.27. The van der Waals surface area contributed by atoms with Gasteiger partial charge in [0.2, 0.25) is 11.8 Å². The predicted molar refractivity (Wildman–Crippen MR) is 98.6 cm³/mol. The van der Waals surface area contributed by atoms with Crippen molar-refractivity contribution in [2.45, 2.75) is 65.5 Å². The minimum absolute atomic E-state index is 0.0322. The maximum absolute atomic E-state index is 12.6. The van der Waals surface area contributed by atoms with Crippen molar-refractivity contribution < 1.29 is 9.59 Å². The van der Waals surface area contributed by atoms with Crippen molar-refractivity contribution in [1.82, 2.24) is 15.6 Å². The van der Waals surface area contributed by atoms with E-state index in [0.29, 0.717) is 6.54 Å². The summed E-state index contributed by atoms with van der Waals surface area (Å²) in [5, 5.41) is 5.90. The Morgan fingerprint density at radius 2 is 1.96 bits per heavy atom. The zero-order valence-corrected chi connectivity index (χ0v) is 15.6. The summed E-state index contributed by atoms with van der Waals surface area (Å²) in [6.45, 7) is 6.56. The van der Waals surface area contributed by atoms with Crippen LogP contribution < -0.4 is 10.6 Å². The van der Waals surface area contributed by atoms with E-state index in [1.54, 1.807) is 12.4 Å². The number of carbonyl (C=O) groups is 2. The number of hydrogen-bond donors (Lipinski definition) is 2. The third-order valence-electron chi connectivity index (χ3n) is 5.23. The van der Waals surface area contributed by atoms with Crippen LogP contribution in [0.1, 0.15) is 58.4 Å². The Labute approximate surface area is 151 Å². The van der Waals surface area contributed by atoms with Gasteiger partial charge in [0.15, 0.2) is 0 Å². The Kier molecular flexibility index (Phi) is 7.41. The molecule has 138 valence electrons. The third kappa shape index (κ3) is 5.83. The van der Waals surface area contributed by atoms with Gasteiger partial charge in [0.25, 0.3) is 0 Å². The first-order valence-electron chi connectivity index (χ1n) is 9.48. The van der Waals surface area contributed by atoms with E-state index < -0.39 is 6.04 Å². The second-order valence-corrected chi connectivity index (χ2v) is 7.44.